The number of piperidine rings is 1. The molecule has 1 aromatic carbocycles. The van der Waals surface area contributed by atoms with Crippen LogP contribution in [0.1, 0.15) is 18.4 Å². The number of aliphatic hydroxyl groups is 1. The molecule has 0 aliphatic carbocycles. The second kappa shape index (κ2) is 9.49. The van der Waals surface area contributed by atoms with Crippen LogP contribution in [0.5, 0.6) is 0 Å². The number of amidine groups is 1. The van der Waals surface area contributed by atoms with Crippen molar-refractivity contribution in [1.82, 2.24) is 14.2 Å². The predicted molar refractivity (Wildman–Crippen MR) is 120 cm³/mol. The van der Waals surface area contributed by atoms with Crippen LogP contribution in [-0.2, 0) is 10.0 Å². The van der Waals surface area contributed by atoms with Crippen LogP contribution < -0.4 is 10.6 Å². The highest BCUT2D eigenvalue weighted by atomic mass is 32.2. The summed E-state index contributed by atoms with van der Waals surface area (Å²) in [6.45, 7) is 1.91. The van der Waals surface area contributed by atoms with Gasteiger partial charge in [0.1, 0.15) is 5.84 Å². The summed E-state index contributed by atoms with van der Waals surface area (Å²) < 4.78 is 31.6. The lowest BCUT2D eigenvalue weighted by molar-refractivity contribution is 0.128. The largest absolute Gasteiger partial charge is 0.431 e. The van der Waals surface area contributed by atoms with Gasteiger partial charge in [-0.05, 0) is 30.9 Å². The Bertz CT molecular complexity index is 1100. The molecule has 0 saturated carbocycles. The Balaban J connectivity index is 1.43. The van der Waals surface area contributed by atoms with E-state index in [0.717, 1.165) is 6.39 Å². The highest BCUT2D eigenvalue weighted by Crippen LogP contribution is 2.28. The maximum atomic E-state index is 13.3. The lowest BCUT2D eigenvalue weighted by Gasteiger charge is -2.42. The Hall–Kier alpha value is -2.96. The van der Waals surface area contributed by atoms with Crippen molar-refractivity contribution in [3.8, 4) is 0 Å². The number of benzene rings is 1. The van der Waals surface area contributed by atoms with Gasteiger partial charge in [0.15, 0.2) is 6.39 Å². The minimum atomic E-state index is -3.70. The number of anilines is 1. The maximum Gasteiger partial charge on any atom is 0.324 e. The van der Waals surface area contributed by atoms with Gasteiger partial charge in [0.2, 0.25) is 0 Å². The molecule has 3 heterocycles. The molecule has 2 aliphatic rings. The Kier molecular flexibility index (Phi) is 6.68. The van der Waals surface area contributed by atoms with Gasteiger partial charge in [-0.3, -0.25) is 10.3 Å². The van der Waals surface area contributed by atoms with E-state index in [9.17, 15) is 18.3 Å². The van der Waals surface area contributed by atoms with Gasteiger partial charge in [0, 0.05) is 56.5 Å². The summed E-state index contributed by atoms with van der Waals surface area (Å²) >= 11 is 0. The van der Waals surface area contributed by atoms with E-state index in [4.69, 9.17) is 15.6 Å². The molecule has 4 N–H and O–H groups in total. The number of amides is 2. The number of nitrogens with zero attached hydrogens (tertiary/aromatic N) is 4. The molecule has 2 aromatic rings. The van der Waals surface area contributed by atoms with Crippen molar-refractivity contribution in [3.63, 3.8) is 0 Å². The second-order valence-electron chi connectivity index (χ2n) is 8.48. The summed E-state index contributed by atoms with van der Waals surface area (Å²) in [5.41, 5.74) is 6.75. The number of sulfonamides is 1. The first-order valence-corrected chi connectivity index (χ1v) is 12.2. The van der Waals surface area contributed by atoms with Crippen molar-refractivity contribution in [2.75, 3.05) is 44.2 Å². The third kappa shape index (κ3) is 4.87. The SMILES string of the molecule is N=C(N)c1cccc(N2CC(CO)CN(CC3CCN(S(=O)(=O)c4cnco4)CC3)C2=O)c1. The normalized spacial score (nSPS) is 20.9. The third-order valence-electron chi connectivity index (χ3n) is 6.20. The van der Waals surface area contributed by atoms with Gasteiger partial charge in [0.25, 0.3) is 15.1 Å². The Morgan fingerprint density at radius 2 is 2.00 bits per heavy atom. The van der Waals surface area contributed by atoms with E-state index in [0.29, 0.717) is 56.8 Å². The summed E-state index contributed by atoms with van der Waals surface area (Å²) in [5, 5.41) is 17.3. The highest BCUT2D eigenvalue weighted by Gasteiger charge is 2.36. The van der Waals surface area contributed by atoms with Gasteiger partial charge >= 0.3 is 6.03 Å². The maximum absolute atomic E-state index is 13.3. The molecule has 1 unspecified atom stereocenters. The molecule has 4 rings (SSSR count). The van der Waals surface area contributed by atoms with Crippen LogP contribution in [0.4, 0.5) is 10.5 Å². The van der Waals surface area contributed by atoms with Gasteiger partial charge < -0.3 is 20.2 Å². The summed E-state index contributed by atoms with van der Waals surface area (Å²) in [6, 6.07) is 6.77. The molecule has 2 amide bonds. The van der Waals surface area contributed by atoms with Gasteiger partial charge in [0.05, 0.1) is 6.20 Å². The number of nitrogen functional groups attached to an aromatic ring is 1. The van der Waals surface area contributed by atoms with Crippen LogP contribution in [0, 0.1) is 17.2 Å². The quantitative estimate of drug-likeness (QED) is 0.396. The molecule has 33 heavy (non-hydrogen) atoms. The van der Waals surface area contributed by atoms with Crippen molar-refractivity contribution in [2.24, 2.45) is 17.6 Å². The zero-order valence-electron chi connectivity index (χ0n) is 18.1. The molecule has 178 valence electrons. The zero-order chi connectivity index (χ0) is 23.6. The number of urea groups is 1. The topological polar surface area (TPSA) is 157 Å². The highest BCUT2D eigenvalue weighted by molar-refractivity contribution is 7.89. The molecule has 2 aliphatic heterocycles. The van der Waals surface area contributed by atoms with Crippen molar-refractivity contribution >= 4 is 27.6 Å². The summed E-state index contributed by atoms with van der Waals surface area (Å²) in [5.74, 6) is -0.0579. The number of hydrogen-bond donors (Lipinski definition) is 3. The molecule has 1 atom stereocenters. The van der Waals surface area contributed by atoms with E-state index >= 15 is 0 Å². The lowest BCUT2D eigenvalue weighted by Crippen LogP contribution is -2.56. The number of hydrogen-bond acceptors (Lipinski definition) is 7. The molecular weight excluding hydrogens is 448 g/mol. The summed E-state index contributed by atoms with van der Waals surface area (Å²) in [6.07, 6.45) is 3.51. The number of oxazole rings is 1. The fourth-order valence-electron chi connectivity index (χ4n) is 4.38. The molecule has 12 heteroatoms. The van der Waals surface area contributed by atoms with E-state index in [1.165, 1.54) is 10.5 Å². The standard InChI is InChI=1S/C21H28N6O5S/c22-20(23)17-2-1-3-18(8-17)27-12-16(13-28)11-25(21(27)29)10-15-4-6-26(7-5-15)33(30,31)19-9-24-14-32-19/h1-3,8-9,14-16,28H,4-7,10-13H2,(H3,22,23). The smallest absolute Gasteiger partial charge is 0.324 e. The lowest BCUT2D eigenvalue weighted by atomic mass is 9.96. The number of nitrogens with two attached hydrogens (primary N) is 1. The first-order chi connectivity index (χ1) is 15.8. The van der Waals surface area contributed by atoms with Gasteiger partial charge in [-0.1, -0.05) is 12.1 Å². The Morgan fingerprint density at radius 1 is 1.24 bits per heavy atom. The molecule has 0 bridgehead atoms. The zero-order valence-corrected chi connectivity index (χ0v) is 18.9. The van der Waals surface area contributed by atoms with Gasteiger partial charge in [-0.2, -0.15) is 4.31 Å². The van der Waals surface area contributed by atoms with Crippen LogP contribution in [0.3, 0.4) is 0 Å². The number of carbonyl (C=O) groups excluding carboxylic acids is 1. The average molecular weight is 477 g/mol. The van der Waals surface area contributed by atoms with Crippen LogP contribution in [0.2, 0.25) is 0 Å². The third-order valence-corrected chi connectivity index (χ3v) is 7.96. The van der Waals surface area contributed by atoms with Crippen LogP contribution in [0.25, 0.3) is 0 Å². The Labute approximate surface area is 192 Å². The summed E-state index contributed by atoms with van der Waals surface area (Å²) in [7, 11) is -3.70. The number of aromatic nitrogens is 1. The first-order valence-electron chi connectivity index (χ1n) is 10.8. The molecule has 0 radical (unpaired) electrons. The van der Waals surface area contributed by atoms with Crippen molar-refractivity contribution in [3.05, 3.63) is 42.4 Å². The van der Waals surface area contributed by atoms with Crippen molar-refractivity contribution in [2.45, 2.75) is 17.9 Å². The van der Waals surface area contributed by atoms with Crippen LogP contribution >= 0.6 is 0 Å². The second-order valence-corrected chi connectivity index (χ2v) is 10.3. The number of carbonyl (C=O) groups is 1. The number of nitrogens with one attached hydrogen (secondary N) is 1. The van der Waals surface area contributed by atoms with E-state index < -0.39 is 10.0 Å². The molecule has 2 fully saturated rings. The van der Waals surface area contributed by atoms with Crippen LogP contribution in [0.15, 0.2) is 46.4 Å². The van der Waals surface area contributed by atoms with Crippen LogP contribution in [-0.4, -0.2) is 78.9 Å². The molecule has 11 nitrogen and oxygen atoms in total. The van der Waals surface area contributed by atoms with E-state index in [1.54, 1.807) is 34.1 Å². The minimum Gasteiger partial charge on any atom is -0.431 e. The van der Waals surface area contributed by atoms with Crippen molar-refractivity contribution in [1.29, 1.82) is 5.41 Å². The molecular formula is C21H28N6O5S. The molecule has 0 spiro atoms. The fraction of sp³-hybridized carbons (Fsp3) is 0.476. The minimum absolute atomic E-state index is 0.0550. The fourth-order valence-corrected chi connectivity index (χ4v) is 5.69. The number of rotatable bonds is 7. The van der Waals surface area contributed by atoms with E-state index in [-0.39, 0.29) is 35.4 Å². The number of aliphatic hydroxyl groups excluding tert-OH is 1. The monoisotopic (exact) mass is 476 g/mol. The van der Waals surface area contributed by atoms with E-state index in [2.05, 4.69) is 4.98 Å². The Morgan fingerprint density at radius 3 is 2.64 bits per heavy atom. The molecule has 1 aromatic heterocycles. The predicted octanol–water partition coefficient (Wildman–Crippen LogP) is 0.910. The average Bonchev–Trinajstić information content (AvgIpc) is 3.37. The molecule has 2 saturated heterocycles. The van der Waals surface area contributed by atoms with Gasteiger partial charge in [-0.15, -0.1) is 0 Å². The summed E-state index contributed by atoms with van der Waals surface area (Å²) in [4.78, 5) is 20.3. The van der Waals surface area contributed by atoms with Gasteiger partial charge in [-0.25, -0.2) is 18.2 Å². The first kappa shape index (κ1) is 23.2. The van der Waals surface area contributed by atoms with E-state index in [1.807, 2.05) is 0 Å². The van der Waals surface area contributed by atoms with Crippen molar-refractivity contribution < 1.29 is 22.7 Å².